The molecule has 8 atom stereocenters. The van der Waals surface area contributed by atoms with Gasteiger partial charge in [0.05, 0.1) is 17.4 Å². The number of H-pyrrole nitrogens is 1. The van der Waals surface area contributed by atoms with E-state index in [1.54, 1.807) is 12.1 Å². The fraction of sp³-hybridized carbons (Fsp3) is 0.450. The summed E-state index contributed by atoms with van der Waals surface area (Å²) in [7, 11) is 0. The number of pyridine rings is 1. The summed E-state index contributed by atoms with van der Waals surface area (Å²) in [6.45, 7) is 1.48. The molecule has 0 bridgehead atoms. The molecule has 1 saturated heterocycles. The fourth-order valence-corrected chi connectivity index (χ4v) is 3.66. The van der Waals surface area contributed by atoms with Gasteiger partial charge in [0, 0.05) is 18.3 Å². The van der Waals surface area contributed by atoms with E-state index in [9.17, 15) is 39.6 Å². The van der Waals surface area contributed by atoms with Crippen molar-refractivity contribution in [3.8, 4) is 0 Å². The molecule has 1 fully saturated rings. The van der Waals surface area contributed by atoms with Crippen molar-refractivity contribution in [2.45, 2.75) is 49.7 Å². The molecule has 1 aliphatic heterocycles. The molecule has 8 N–H and O–H groups in total. The van der Waals surface area contributed by atoms with Gasteiger partial charge in [-0.05, 0) is 12.1 Å². The number of nitrogens with zero attached hydrogens (tertiary/aromatic N) is 2. The average molecular weight is 479 g/mol. The Labute approximate surface area is 192 Å². The molecule has 0 saturated carbocycles. The molecule has 0 aromatic carbocycles. The van der Waals surface area contributed by atoms with E-state index in [1.807, 2.05) is 0 Å². The van der Waals surface area contributed by atoms with Gasteiger partial charge in [0.2, 0.25) is 5.91 Å². The summed E-state index contributed by atoms with van der Waals surface area (Å²) in [6, 6.07) is 1.57. The summed E-state index contributed by atoms with van der Waals surface area (Å²) >= 11 is 0. The molecule has 184 valence electrons. The predicted octanol–water partition coefficient (Wildman–Crippen LogP) is -2.73. The smallest absolute Gasteiger partial charge is 0.329 e. The van der Waals surface area contributed by atoms with Crippen LogP contribution in [0.3, 0.4) is 0 Å². The van der Waals surface area contributed by atoms with Crippen LogP contribution < -0.4 is 16.7 Å². The zero-order chi connectivity index (χ0) is 25.2. The van der Waals surface area contributed by atoms with Crippen LogP contribution in [0.25, 0.3) is 0 Å². The second-order valence-electron chi connectivity index (χ2n) is 7.92. The number of aliphatic carboxylic acids is 1. The van der Waals surface area contributed by atoms with Crippen molar-refractivity contribution in [3.63, 3.8) is 0 Å². The number of nitrogens with one attached hydrogen (secondary N) is 2. The Balaban J connectivity index is 1.75. The van der Waals surface area contributed by atoms with Crippen molar-refractivity contribution in [1.82, 2.24) is 19.9 Å². The van der Waals surface area contributed by atoms with Gasteiger partial charge in [-0.15, -0.1) is 0 Å². The summed E-state index contributed by atoms with van der Waals surface area (Å²) in [5.74, 6) is -3.45. The van der Waals surface area contributed by atoms with Gasteiger partial charge in [-0.1, -0.05) is 13.0 Å². The Morgan fingerprint density at radius 2 is 2.03 bits per heavy atom. The Hall–Kier alpha value is -3.43. The van der Waals surface area contributed by atoms with Crippen LogP contribution in [0.4, 0.5) is 0 Å². The predicted molar refractivity (Wildman–Crippen MR) is 112 cm³/mol. The lowest BCUT2D eigenvalue weighted by Crippen LogP contribution is -2.57. The van der Waals surface area contributed by atoms with Crippen molar-refractivity contribution >= 4 is 18.2 Å². The van der Waals surface area contributed by atoms with E-state index in [2.05, 4.69) is 15.3 Å². The number of imidazole rings is 1. The first kappa shape index (κ1) is 25.2. The van der Waals surface area contributed by atoms with E-state index in [0.717, 1.165) is 10.8 Å². The van der Waals surface area contributed by atoms with Crippen LogP contribution in [0.1, 0.15) is 35.4 Å². The van der Waals surface area contributed by atoms with Crippen LogP contribution in [0.15, 0.2) is 35.4 Å². The number of aldehydes is 1. The van der Waals surface area contributed by atoms with Gasteiger partial charge >= 0.3 is 11.7 Å². The number of carbonyl (C=O) groups excluding carboxylic acids is 2. The van der Waals surface area contributed by atoms with Gasteiger partial charge < -0.3 is 41.2 Å². The molecule has 2 aromatic rings. The molecule has 0 radical (unpaired) electrons. The van der Waals surface area contributed by atoms with Gasteiger partial charge in [0.1, 0.15) is 24.4 Å². The number of aliphatic hydroxyl groups excluding tert-OH is 3. The van der Waals surface area contributed by atoms with Crippen LogP contribution in [0.5, 0.6) is 0 Å². The molecule has 1 aliphatic rings. The molecule has 2 aromatic heterocycles. The van der Waals surface area contributed by atoms with Gasteiger partial charge in [-0.25, -0.2) is 9.59 Å². The number of amides is 1. The zero-order valence-electron chi connectivity index (χ0n) is 17.9. The maximum Gasteiger partial charge on any atom is 0.329 e. The number of hydrogen-bond acceptors (Lipinski definition) is 10. The topological polar surface area (TPSA) is 230 Å². The SMILES string of the molecule is C[C@@H]([C@H](N)C(=O)N[C@H](C(=O)O)[C@H]1O[C@@H](n2cc(C=O)[nH]c2=O)C(O)[C@H]1O)[C@H](O)c1ccccn1. The third-order valence-electron chi connectivity index (χ3n) is 5.69. The van der Waals surface area contributed by atoms with Gasteiger partial charge in [-0.2, -0.15) is 0 Å². The normalized spacial score (nSPS) is 25.8. The van der Waals surface area contributed by atoms with E-state index in [4.69, 9.17) is 10.5 Å². The van der Waals surface area contributed by atoms with Crippen molar-refractivity contribution in [3.05, 3.63) is 52.5 Å². The summed E-state index contributed by atoms with van der Waals surface area (Å²) in [4.78, 5) is 53.7. The second-order valence-corrected chi connectivity index (χ2v) is 7.92. The Morgan fingerprint density at radius 1 is 1.32 bits per heavy atom. The number of aromatic amines is 1. The standard InChI is InChI=1S/C20H25N5O9/c1-8(13(27)10-4-2-3-5-22-10)11(21)17(30)24-12(19(31)32)16-14(28)15(29)18(34-16)25-6-9(7-26)23-20(25)33/h2-8,11-16,18,27-29H,21H2,1H3,(H,23,33)(H,24,30)(H,31,32)/t8-,11-,12-,13-,14+,15?,16+,18+/m0/s1. The highest BCUT2D eigenvalue weighted by Gasteiger charge is 2.50. The Morgan fingerprint density at radius 3 is 2.59 bits per heavy atom. The van der Waals surface area contributed by atoms with Crippen molar-refractivity contribution in [2.24, 2.45) is 11.7 Å². The first-order valence-electron chi connectivity index (χ1n) is 10.2. The molecule has 0 aliphatic carbocycles. The minimum atomic E-state index is -1.87. The summed E-state index contributed by atoms with van der Waals surface area (Å²) in [5.41, 5.74) is 5.23. The molecule has 3 rings (SSSR count). The molecular formula is C20H25N5O9. The number of aromatic nitrogens is 3. The number of ether oxygens (including phenoxy) is 1. The van der Waals surface area contributed by atoms with Crippen LogP contribution in [-0.4, -0.2) is 83.5 Å². The first-order chi connectivity index (χ1) is 16.1. The fourth-order valence-electron chi connectivity index (χ4n) is 3.66. The summed E-state index contributed by atoms with van der Waals surface area (Å²) < 4.78 is 6.21. The molecule has 14 heteroatoms. The Kier molecular flexibility index (Phi) is 7.58. The number of carboxylic acids is 1. The number of carbonyl (C=O) groups is 3. The van der Waals surface area contributed by atoms with Crippen LogP contribution in [0, 0.1) is 5.92 Å². The minimum Gasteiger partial charge on any atom is -0.480 e. The summed E-state index contributed by atoms with van der Waals surface area (Å²) in [5, 5.41) is 43.0. The molecule has 3 heterocycles. The third-order valence-corrected chi connectivity index (χ3v) is 5.69. The van der Waals surface area contributed by atoms with Crippen LogP contribution in [-0.2, 0) is 14.3 Å². The molecule has 1 unspecified atom stereocenters. The van der Waals surface area contributed by atoms with Crippen LogP contribution >= 0.6 is 0 Å². The quantitative estimate of drug-likeness (QED) is 0.182. The molecule has 34 heavy (non-hydrogen) atoms. The lowest BCUT2D eigenvalue weighted by Gasteiger charge is -2.28. The highest BCUT2D eigenvalue weighted by molar-refractivity contribution is 5.87. The van der Waals surface area contributed by atoms with E-state index in [1.165, 1.54) is 19.2 Å². The highest BCUT2D eigenvalue weighted by atomic mass is 16.6. The minimum absolute atomic E-state index is 0.131. The number of nitrogens with two attached hydrogens (primary N) is 1. The zero-order valence-corrected chi connectivity index (χ0v) is 17.9. The van der Waals surface area contributed by atoms with E-state index in [0.29, 0.717) is 6.29 Å². The second kappa shape index (κ2) is 10.2. The monoisotopic (exact) mass is 479 g/mol. The van der Waals surface area contributed by atoms with E-state index >= 15 is 0 Å². The number of aliphatic hydroxyl groups is 3. The average Bonchev–Trinajstić information content (AvgIpc) is 3.34. The maximum absolute atomic E-state index is 12.7. The largest absolute Gasteiger partial charge is 0.480 e. The lowest BCUT2D eigenvalue weighted by molar-refractivity contribution is -0.149. The molecule has 1 amide bonds. The first-order valence-corrected chi connectivity index (χ1v) is 10.2. The van der Waals surface area contributed by atoms with Crippen molar-refractivity contribution in [2.75, 3.05) is 0 Å². The Bertz CT molecular complexity index is 1090. The van der Waals surface area contributed by atoms with Gasteiger partial charge in [-0.3, -0.25) is 19.1 Å². The molecule has 0 spiro atoms. The van der Waals surface area contributed by atoms with Crippen molar-refractivity contribution in [1.29, 1.82) is 0 Å². The molecule has 14 nitrogen and oxygen atoms in total. The van der Waals surface area contributed by atoms with E-state index < -0.39 is 66.2 Å². The van der Waals surface area contributed by atoms with Gasteiger partial charge in [0.15, 0.2) is 18.6 Å². The van der Waals surface area contributed by atoms with Crippen LogP contribution in [0.2, 0.25) is 0 Å². The van der Waals surface area contributed by atoms with Crippen molar-refractivity contribution < 1.29 is 39.5 Å². The number of carboxylic acid groups (broad SMARTS) is 1. The summed E-state index contributed by atoms with van der Waals surface area (Å²) in [6.07, 6.45) is -5.18. The van der Waals surface area contributed by atoms with E-state index in [-0.39, 0.29) is 11.4 Å². The lowest BCUT2D eigenvalue weighted by atomic mass is 9.92. The third kappa shape index (κ3) is 4.90. The molecular weight excluding hydrogens is 454 g/mol. The number of rotatable bonds is 9. The maximum atomic E-state index is 12.7. The number of hydrogen-bond donors (Lipinski definition) is 7. The van der Waals surface area contributed by atoms with Gasteiger partial charge in [0.25, 0.3) is 0 Å². The highest BCUT2D eigenvalue weighted by Crippen LogP contribution is 2.31.